The van der Waals surface area contributed by atoms with Crippen LogP contribution in [0.3, 0.4) is 0 Å². The molecule has 0 spiro atoms. The van der Waals surface area contributed by atoms with Gasteiger partial charge in [-0.3, -0.25) is 4.72 Å². The van der Waals surface area contributed by atoms with Crippen molar-refractivity contribution in [1.29, 1.82) is 0 Å². The molecule has 0 saturated heterocycles. The first-order valence-electron chi connectivity index (χ1n) is 8.32. The first-order chi connectivity index (χ1) is 14.8. The number of carbonyl (C=O) groups excluding carboxylic acids is 1. The fourth-order valence-electron chi connectivity index (χ4n) is 2.30. The lowest BCUT2D eigenvalue weighted by Gasteiger charge is -2.16. The summed E-state index contributed by atoms with van der Waals surface area (Å²) in [6, 6.07) is 1.29. The Morgan fingerprint density at radius 3 is 2.06 bits per heavy atom. The molecule has 2 aromatic rings. The maximum Gasteiger partial charge on any atom is 0.387 e. The molecule has 0 saturated carbocycles. The molecule has 0 aliphatic heterocycles. The highest BCUT2D eigenvalue weighted by molar-refractivity contribution is 7.92. The van der Waals surface area contributed by atoms with Crippen LogP contribution in [0.15, 0.2) is 12.1 Å². The Labute approximate surface area is 180 Å². The van der Waals surface area contributed by atoms with Crippen molar-refractivity contribution < 1.29 is 53.4 Å². The van der Waals surface area contributed by atoms with Crippen LogP contribution < -0.4 is 14.2 Å². The molecule has 0 fully saturated rings. The Morgan fingerprint density at radius 1 is 1.03 bits per heavy atom. The zero-order valence-corrected chi connectivity index (χ0v) is 17.2. The van der Waals surface area contributed by atoms with Crippen molar-refractivity contribution in [2.45, 2.75) is 20.0 Å². The highest BCUT2D eigenvalue weighted by atomic mass is 35.5. The van der Waals surface area contributed by atoms with Crippen molar-refractivity contribution in [2.24, 2.45) is 0 Å². The Morgan fingerprint density at radius 2 is 1.56 bits per heavy atom. The molecule has 176 valence electrons. The van der Waals surface area contributed by atoms with Crippen LogP contribution in [0.1, 0.15) is 23.7 Å². The molecule has 0 amide bonds. The number of anilines is 1. The second kappa shape index (κ2) is 9.81. The van der Waals surface area contributed by atoms with Gasteiger partial charge in [-0.05, 0) is 18.6 Å². The van der Waals surface area contributed by atoms with E-state index in [1.54, 1.807) is 0 Å². The van der Waals surface area contributed by atoms with Crippen LogP contribution >= 0.6 is 11.6 Å². The average molecular weight is 510 g/mol. The van der Waals surface area contributed by atoms with Gasteiger partial charge in [0.25, 0.3) is 0 Å². The van der Waals surface area contributed by atoms with Gasteiger partial charge in [-0.1, -0.05) is 18.5 Å². The van der Waals surface area contributed by atoms with Gasteiger partial charge < -0.3 is 9.47 Å². The molecule has 0 aliphatic rings. The number of hydrogen-bond acceptors (Lipinski definition) is 5. The molecule has 0 aliphatic carbocycles. The molecule has 2 aromatic carbocycles. The molecular formula is C17H11ClF7NO5S. The Hall–Kier alpha value is -2.74. The van der Waals surface area contributed by atoms with E-state index in [0.29, 0.717) is 12.1 Å². The fourth-order valence-corrected chi connectivity index (χ4v) is 3.79. The maximum absolute atomic E-state index is 13.7. The lowest BCUT2D eigenvalue weighted by Crippen LogP contribution is -2.19. The topological polar surface area (TPSA) is 81.7 Å². The Bertz CT molecular complexity index is 1130. The Balaban J connectivity index is 2.55. The van der Waals surface area contributed by atoms with E-state index in [1.165, 1.54) is 6.92 Å². The van der Waals surface area contributed by atoms with Crippen molar-refractivity contribution in [3.8, 4) is 11.5 Å². The summed E-state index contributed by atoms with van der Waals surface area (Å²) < 4.78 is 127. The molecule has 32 heavy (non-hydrogen) atoms. The number of ether oxygens (including phenoxy) is 2. The summed E-state index contributed by atoms with van der Waals surface area (Å²) in [5.41, 5.74) is -1.71. The second-order valence-corrected chi connectivity index (χ2v) is 8.11. The summed E-state index contributed by atoms with van der Waals surface area (Å²) >= 11 is 5.88. The van der Waals surface area contributed by atoms with Crippen LogP contribution in [-0.4, -0.2) is 26.8 Å². The second-order valence-electron chi connectivity index (χ2n) is 5.89. The van der Waals surface area contributed by atoms with E-state index < -0.39 is 85.2 Å². The zero-order chi connectivity index (χ0) is 24.4. The van der Waals surface area contributed by atoms with E-state index in [1.807, 2.05) is 4.72 Å². The third-order valence-electron chi connectivity index (χ3n) is 3.63. The minimum absolute atomic E-state index is 0.0972. The quantitative estimate of drug-likeness (QED) is 0.178. The van der Waals surface area contributed by atoms with Gasteiger partial charge >= 0.3 is 12.6 Å². The largest absolute Gasteiger partial charge is 0.433 e. The highest BCUT2D eigenvalue weighted by Gasteiger charge is 2.30. The number of rotatable bonds is 8. The number of sulfonamides is 1. The van der Waals surface area contributed by atoms with Gasteiger partial charge in [0, 0.05) is 0 Å². The van der Waals surface area contributed by atoms with E-state index in [-0.39, 0.29) is 6.42 Å². The average Bonchev–Trinajstić information content (AvgIpc) is 2.70. The van der Waals surface area contributed by atoms with Gasteiger partial charge in [-0.2, -0.15) is 17.6 Å². The summed E-state index contributed by atoms with van der Waals surface area (Å²) in [4.78, 5) is 12.3. The zero-order valence-electron chi connectivity index (χ0n) is 15.6. The van der Waals surface area contributed by atoms with E-state index in [9.17, 15) is 43.9 Å². The minimum atomic E-state index is -4.17. The number of benzene rings is 2. The number of esters is 1. The first kappa shape index (κ1) is 25.5. The minimum Gasteiger partial charge on any atom is -0.433 e. The third kappa shape index (κ3) is 5.35. The lowest BCUT2D eigenvalue weighted by atomic mass is 10.2. The van der Waals surface area contributed by atoms with E-state index in [4.69, 9.17) is 11.6 Å². The molecule has 0 unspecified atom stereocenters. The molecule has 15 heteroatoms. The molecule has 1 N–H and O–H groups in total. The number of nitrogens with one attached hydrogen (secondary N) is 1. The number of hydrogen-bond donors (Lipinski definition) is 1. The molecule has 0 aromatic heterocycles. The van der Waals surface area contributed by atoms with Gasteiger partial charge in [-0.15, -0.1) is 0 Å². The van der Waals surface area contributed by atoms with E-state index in [2.05, 4.69) is 9.47 Å². The molecule has 2 rings (SSSR count). The highest BCUT2D eigenvalue weighted by Crippen LogP contribution is 2.38. The van der Waals surface area contributed by atoms with Crippen LogP contribution in [-0.2, 0) is 10.0 Å². The van der Waals surface area contributed by atoms with Crippen LogP contribution in [0.25, 0.3) is 0 Å². The Kier molecular flexibility index (Phi) is 7.83. The van der Waals surface area contributed by atoms with Crippen LogP contribution in [0, 0.1) is 29.1 Å². The van der Waals surface area contributed by atoms with Crippen molar-refractivity contribution >= 4 is 33.3 Å². The summed E-state index contributed by atoms with van der Waals surface area (Å²) in [5, 5.41) is -0.906. The number of halogens is 8. The molecule has 0 radical (unpaired) electrons. The SMILES string of the molecule is CCCS(=O)(=O)Nc1c(OC(F)F)ccc(C(=O)Oc2c(F)c(F)c(F)c(F)c2F)c1Cl. The van der Waals surface area contributed by atoms with E-state index in [0.717, 1.165) is 0 Å². The smallest absolute Gasteiger partial charge is 0.387 e. The van der Waals surface area contributed by atoms with E-state index >= 15 is 0 Å². The predicted octanol–water partition coefficient (Wildman–Crippen LogP) is 5.01. The molecule has 6 nitrogen and oxygen atoms in total. The number of alkyl halides is 2. The molecule has 0 bridgehead atoms. The van der Waals surface area contributed by atoms with Crippen LogP contribution in [0.2, 0.25) is 5.02 Å². The summed E-state index contributed by atoms with van der Waals surface area (Å²) in [7, 11) is -4.17. The van der Waals surface area contributed by atoms with Crippen molar-refractivity contribution in [1.82, 2.24) is 0 Å². The summed E-state index contributed by atoms with van der Waals surface area (Å²) in [6.45, 7) is -1.96. The van der Waals surface area contributed by atoms with Gasteiger partial charge in [0.05, 0.1) is 16.3 Å². The summed E-state index contributed by atoms with van der Waals surface area (Å²) in [5.74, 6) is -17.3. The van der Waals surface area contributed by atoms with Crippen molar-refractivity contribution in [3.63, 3.8) is 0 Å². The van der Waals surface area contributed by atoms with Crippen molar-refractivity contribution in [2.75, 3.05) is 10.5 Å². The van der Waals surface area contributed by atoms with Crippen LogP contribution in [0.5, 0.6) is 11.5 Å². The molecule has 0 heterocycles. The normalized spacial score (nSPS) is 11.6. The van der Waals surface area contributed by atoms with Crippen molar-refractivity contribution in [3.05, 3.63) is 51.8 Å². The fraction of sp³-hybridized carbons (Fsp3) is 0.235. The number of carbonyl (C=O) groups is 1. The molecular weight excluding hydrogens is 499 g/mol. The summed E-state index contributed by atoms with van der Waals surface area (Å²) in [6.07, 6.45) is 0.0972. The monoisotopic (exact) mass is 509 g/mol. The maximum atomic E-state index is 13.7. The standard InChI is InChI=1S/C17H11ClF7NO5S/c1-2-5-32(28,29)26-14-7(30-17(24)25)4-3-6(8(14)18)16(27)31-15-12(22)10(20)9(19)11(21)13(15)23/h3-4,17,26H,2,5H2,1H3. The van der Waals surface area contributed by atoms with Gasteiger partial charge in [0.15, 0.2) is 5.75 Å². The van der Waals surface area contributed by atoms with Gasteiger partial charge in [0.2, 0.25) is 44.9 Å². The van der Waals surface area contributed by atoms with Gasteiger partial charge in [-0.25, -0.2) is 26.4 Å². The predicted molar refractivity (Wildman–Crippen MR) is 97.0 cm³/mol. The van der Waals surface area contributed by atoms with Gasteiger partial charge in [0.1, 0.15) is 5.69 Å². The third-order valence-corrected chi connectivity index (χ3v) is 5.49. The first-order valence-corrected chi connectivity index (χ1v) is 10.3. The molecule has 0 atom stereocenters. The van der Waals surface area contributed by atoms with Crippen LogP contribution in [0.4, 0.5) is 36.4 Å². The lowest BCUT2D eigenvalue weighted by molar-refractivity contribution is -0.0493.